The second-order valence-corrected chi connectivity index (χ2v) is 27.5. The lowest BCUT2D eigenvalue weighted by atomic mass is 9.69. The highest BCUT2D eigenvalue weighted by Crippen LogP contribution is 2.49. The molecule has 0 aromatic heterocycles. The molecule has 3 atom stereocenters. The van der Waals surface area contributed by atoms with E-state index < -0.39 is 36.7 Å². The van der Waals surface area contributed by atoms with E-state index in [9.17, 15) is 30.8 Å². The topological polar surface area (TPSA) is 153 Å². The van der Waals surface area contributed by atoms with E-state index in [0.29, 0.717) is 25.0 Å². The van der Waals surface area contributed by atoms with Crippen molar-refractivity contribution in [3.05, 3.63) is 148 Å². The van der Waals surface area contributed by atoms with Gasteiger partial charge in [0.1, 0.15) is 35.3 Å². The zero-order valence-electron chi connectivity index (χ0n) is 44.0. The van der Waals surface area contributed by atoms with Crippen LogP contribution in [0.1, 0.15) is 117 Å². The molecule has 5 rings (SSSR count). The third-order valence-corrected chi connectivity index (χ3v) is 14.4. The normalized spacial score (nSPS) is 17.6. The second kappa shape index (κ2) is 24.0. The first-order chi connectivity index (χ1) is 33.5. The van der Waals surface area contributed by atoms with Crippen molar-refractivity contribution in [2.75, 3.05) is 23.4 Å². The number of carbonyl (C=O) groups excluding carboxylic acids is 1. The average Bonchev–Trinajstić information content (AvgIpc) is 3.53. The number of rotatable bonds is 17. The highest BCUT2D eigenvalue weighted by molar-refractivity contribution is 6.83. The monoisotopic (exact) mass is 970 g/mol. The number of unbranched alkanes of at least 4 members (excludes halogenated alkanes) is 2. The number of aliphatic hydroxyl groups is 2. The summed E-state index contributed by atoms with van der Waals surface area (Å²) in [6.45, 7) is 24.8. The van der Waals surface area contributed by atoms with E-state index in [1.807, 2.05) is 81.5 Å². The highest BCUT2D eigenvalue weighted by Gasteiger charge is 2.40. The van der Waals surface area contributed by atoms with Crippen molar-refractivity contribution in [3.8, 4) is 35.4 Å². The van der Waals surface area contributed by atoms with E-state index in [0.717, 1.165) is 72.4 Å². The molecule has 3 unspecified atom stereocenters. The number of hydrogen-bond acceptors (Lipinski definition) is 8. The minimum atomic E-state index is -1.48. The third kappa shape index (κ3) is 15.0. The minimum Gasteiger partial charge on any atom is -0.509 e. The van der Waals surface area contributed by atoms with Gasteiger partial charge in [0.15, 0.2) is 5.57 Å². The van der Waals surface area contributed by atoms with Crippen LogP contribution < -0.4 is 15.0 Å². The van der Waals surface area contributed by atoms with Crippen molar-refractivity contribution in [2.24, 2.45) is 28.6 Å². The Kier molecular flexibility index (Phi) is 18.7. The second-order valence-electron chi connectivity index (χ2n) is 22.7. The van der Waals surface area contributed by atoms with Crippen LogP contribution in [0.15, 0.2) is 131 Å². The van der Waals surface area contributed by atoms with Crippen LogP contribution in [0.2, 0.25) is 19.6 Å². The molecule has 0 fully saturated rings. The number of amides is 1. The summed E-state index contributed by atoms with van der Waals surface area (Å²) < 4.78 is 6.98. The first kappa shape index (κ1) is 55.4. The smallest absolute Gasteiger partial charge is 0.224 e. The molecule has 1 aliphatic carbocycles. The van der Waals surface area contributed by atoms with Gasteiger partial charge in [-0.3, -0.25) is 10.3 Å². The fourth-order valence-corrected chi connectivity index (χ4v) is 9.81. The van der Waals surface area contributed by atoms with E-state index >= 15 is 0 Å². The summed E-state index contributed by atoms with van der Waals surface area (Å²) in [4.78, 5) is 15.5. The van der Waals surface area contributed by atoms with E-state index in [1.165, 1.54) is 16.9 Å². The third-order valence-electron chi connectivity index (χ3n) is 13.6. The molecule has 0 saturated carbocycles. The molecule has 3 aromatic rings. The average molecular weight is 970 g/mol. The number of aryl methyl sites for hydroxylation is 1. The number of fused-ring (bicyclic) bond motifs is 1. The number of carbonyl (C=O) groups is 1. The molecule has 373 valence electrons. The van der Waals surface area contributed by atoms with Gasteiger partial charge in [0.05, 0.1) is 6.07 Å². The Morgan fingerprint density at radius 1 is 0.901 bits per heavy atom. The first-order valence-electron chi connectivity index (χ1n) is 25.1. The number of para-hydroxylation sites is 1. The van der Waals surface area contributed by atoms with Gasteiger partial charge in [0.2, 0.25) is 5.91 Å². The van der Waals surface area contributed by atoms with Crippen molar-refractivity contribution in [1.29, 1.82) is 15.8 Å². The largest absolute Gasteiger partial charge is 0.509 e. The van der Waals surface area contributed by atoms with Gasteiger partial charge < -0.3 is 25.2 Å². The van der Waals surface area contributed by atoms with Crippen LogP contribution in [0.25, 0.3) is 0 Å². The van der Waals surface area contributed by atoms with Crippen LogP contribution in [0.5, 0.6) is 5.75 Å². The van der Waals surface area contributed by atoms with Crippen molar-refractivity contribution >= 4 is 25.4 Å². The Morgan fingerprint density at radius 3 is 2.18 bits per heavy atom. The fourth-order valence-electron chi connectivity index (χ4n) is 9.29. The molecule has 3 N–H and O–H groups in total. The van der Waals surface area contributed by atoms with Crippen LogP contribution in [-0.4, -0.2) is 37.3 Å². The quantitative estimate of drug-likeness (QED) is 0.0397. The lowest BCUT2D eigenvalue weighted by Crippen LogP contribution is -2.29. The van der Waals surface area contributed by atoms with Crippen molar-refractivity contribution in [3.63, 3.8) is 0 Å². The van der Waals surface area contributed by atoms with Crippen molar-refractivity contribution in [1.82, 2.24) is 0 Å². The van der Waals surface area contributed by atoms with Gasteiger partial charge in [0, 0.05) is 53.5 Å². The maximum atomic E-state index is 13.0. The zero-order chi connectivity index (χ0) is 52.1. The number of aliphatic hydroxyl groups excluding tert-OH is 2. The predicted molar refractivity (Wildman–Crippen MR) is 290 cm³/mol. The molecule has 1 heterocycles. The van der Waals surface area contributed by atoms with Crippen molar-refractivity contribution < 1.29 is 19.7 Å². The molecule has 0 saturated heterocycles. The molecule has 71 heavy (non-hydrogen) atoms. The fraction of sp³-hybridized carbons (Fsp3) is 0.443. The number of anilines is 2. The Labute approximate surface area is 426 Å². The molecular weight excluding hydrogens is 895 g/mol. The summed E-state index contributed by atoms with van der Waals surface area (Å²) >= 11 is 0. The van der Waals surface area contributed by atoms with Gasteiger partial charge in [0.25, 0.3) is 0 Å². The molecule has 0 bridgehead atoms. The Hall–Kier alpha value is -6.56. The minimum absolute atomic E-state index is 0.00527. The Morgan fingerprint density at radius 2 is 1.58 bits per heavy atom. The summed E-state index contributed by atoms with van der Waals surface area (Å²) in [7, 11) is -1.48. The highest BCUT2D eigenvalue weighted by atomic mass is 28.3. The number of ether oxygens (including phenoxy) is 1. The lowest BCUT2D eigenvalue weighted by Gasteiger charge is -2.37. The maximum Gasteiger partial charge on any atom is 0.224 e. The number of hydrogen-bond donors (Lipinski definition) is 3. The molecule has 2 aliphatic rings. The van der Waals surface area contributed by atoms with Crippen LogP contribution in [-0.2, 0) is 16.6 Å². The molecule has 1 amide bonds. The predicted octanol–water partition coefficient (Wildman–Crippen LogP) is 14.0. The summed E-state index contributed by atoms with van der Waals surface area (Å²) in [6.07, 6.45) is 14.3. The van der Waals surface area contributed by atoms with Crippen LogP contribution >= 0.6 is 0 Å². The van der Waals surface area contributed by atoms with Crippen LogP contribution in [0.3, 0.4) is 0 Å². The number of nitriles is 3. The molecule has 9 nitrogen and oxygen atoms in total. The molecule has 3 aromatic carbocycles. The summed E-state index contributed by atoms with van der Waals surface area (Å²) in [5, 5.41) is 53.3. The lowest BCUT2D eigenvalue weighted by molar-refractivity contribution is -0.116. The molecule has 0 radical (unpaired) electrons. The first-order valence-corrected chi connectivity index (χ1v) is 28.6. The number of nitrogens with one attached hydrogen (secondary N) is 1. The van der Waals surface area contributed by atoms with Gasteiger partial charge in [-0.1, -0.05) is 118 Å². The Bertz CT molecular complexity index is 2710. The SMILES string of the molecule is CC1(C)/C(=C\C=C2/CC(C(C)(C)C)CC(/C=C/C(C(C#N)C(O)=C(C#N)C#N)C(C)(C)C)=C2Oc2ccc(CCCO)cc2)N(CCCCCC(=O)Nc2ccc(C#C[Si-](C)(C)C)cc2)c2ccccc21. The zero-order valence-corrected chi connectivity index (χ0v) is 45.0. The van der Waals surface area contributed by atoms with Gasteiger partial charge in [-0.15, -0.1) is 5.92 Å². The van der Waals surface area contributed by atoms with Crippen LogP contribution in [0.4, 0.5) is 11.4 Å². The Balaban J connectivity index is 1.50. The number of nitrogens with zero attached hydrogens (tertiary/aromatic N) is 4. The number of benzene rings is 3. The van der Waals surface area contributed by atoms with Gasteiger partial charge in [-0.25, -0.2) is 0 Å². The summed E-state index contributed by atoms with van der Waals surface area (Å²) in [5.74, 6) is 2.67. The van der Waals surface area contributed by atoms with Crippen LogP contribution in [0, 0.1) is 74.0 Å². The molecule has 0 spiro atoms. The van der Waals surface area contributed by atoms with Gasteiger partial charge in [-0.05, 0) is 126 Å². The van der Waals surface area contributed by atoms with E-state index in [4.69, 9.17) is 4.74 Å². The summed E-state index contributed by atoms with van der Waals surface area (Å²) in [6, 6.07) is 30.1. The van der Waals surface area contributed by atoms with Gasteiger partial charge in [-0.2, -0.15) is 35.4 Å². The standard InChI is InChI=1S/C61H75N5O4Si/c1-59(2,3)48-38-45(26-32-52(60(4,5)6)51(42-64)57(69)47(40-62)41-63)58(70-50-30-24-43(25-31-50)18-17-36-67)46(39-48)27-33-55-61(7,8)53-19-14-15-20-54(53)66(55)35-16-12-13-21-56(68)65-49-28-22-44(23-29-49)34-37-71(9,10)11/h14-15,19-20,22-33,48,51-52,67,69H,12-13,16-18,21,35-36,38-39H2,1-11H3,(H,65,68)/q-1/b32-26+,46-27+,55-33+. The van der Waals surface area contributed by atoms with E-state index in [1.54, 1.807) is 12.1 Å². The van der Waals surface area contributed by atoms with E-state index in [2.05, 4.69) is 118 Å². The van der Waals surface area contributed by atoms with Gasteiger partial charge >= 0.3 is 0 Å². The van der Waals surface area contributed by atoms with Crippen molar-refractivity contribution in [2.45, 2.75) is 132 Å². The van der Waals surface area contributed by atoms with E-state index in [-0.39, 0.29) is 29.3 Å². The summed E-state index contributed by atoms with van der Waals surface area (Å²) in [5.41, 5.74) is 10.4. The maximum absolute atomic E-state index is 13.0. The molecule has 10 heteroatoms. The molecule has 1 aliphatic heterocycles. The molecular formula is C61H75N5O4Si-. The number of allylic oxidation sites excluding steroid dienone is 9.